The lowest BCUT2D eigenvalue weighted by Crippen LogP contribution is -2.52. The first-order valence-electron chi connectivity index (χ1n) is 12.7. The maximum absolute atomic E-state index is 13.5. The normalized spacial score (nSPS) is 28.8. The van der Waals surface area contributed by atoms with Gasteiger partial charge in [0.05, 0.1) is 30.7 Å². The van der Waals surface area contributed by atoms with E-state index in [4.69, 9.17) is 15.2 Å². The topological polar surface area (TPSA) is 126 Å². The molecule has 0 saturated carbocycles. The van der Waals surface area contributed by atoms with E-state index in [2.05, 4.69) is 10.3 Å². The molecule has 2 amide bonds. The van der Waals surface area contributed by atoms with Crippen molar-refractivity contribution >= 4 is 17.8 Å². The van der Waals surface area contributed by atoms with Crippen LogP contribution in [0.4, 0.5) is 0 Å². The molecule has 196 valence electrons. The van der Waals surface area contributed by atoms with E-state index in [0.29, 0.717) is 42.1 Å². The first-order chi connectivity index (χ1) is 17.5. The minimum atomic E-state index is -1.30. The number of amides is 2. The average molecular weight is 507 g/mol. The summed E-state index contributed by atoms with van der Waals surface area (Å²) in [6.07, 6.45) is 1.51. The van der Waals surface area contributed by atoms with E-state index in [9.17, 15) is 14.7 Å². The van der Waals surface area contributed by atoms with Gasteiger partial charge in [0.2, 0.25) is 5.91 Å². The van der Waals surface area contributed by atoms with Crippen LogP contribution in [0.5, 0.6) is 11.5 Å². The number of fused-ring (bicyclic) bond motifs is 2. The van der Waals surface area contributed by atoms with Gasteiger partial charge in [-0.1, -0.05) is 24.6 Å². The van der Waals surface area contributed by atoms with E-state index in [1.807, 2.05) is 39.0 Å². The van der Waals surface area contributed by atoms with Crippen molar-refractivity contribution in [1.82, 2.24) is 10.2 Å². The van der Waals surface area contributed by atoms with Crippen LogP contribution in [0.2, 0.25) is 0 Å². The number of nitrogens with zero attached hydrogens (tertiary/aromatic N) is 2. The van der Waals surface area contributed by atoms with Crippen molar-refractivity contribution in [2.45, 2.75) is 70.2 Å². The Morgan fingerprint density at radius 2 is 1.92 bits per heavy atom. The van der Waals surface area contributed by atoms with E-state index in [1.165, 1.54) is 0 Å². The van der Waals surface area contributed by atoms with Gasteiger partial charge in [-0.2, -0.15) is 0 Å². The van der Waals surface area contributed by atoms with Crippen LogP contribution in [0.1, 0.15) is 79.2 Å². The predicted octanol–water partition coefficient (Wildman–Crippen LogP) is 3.15. The van der Waals surface area contributed by atoms with Crippen molar-refractivity contribution in [2.75, 3.05) is 13.2 Å². The Morgan fingerprint density at radius 3 is 2.65 bits per heavy atom. The molecular formula is C28H34N4O5. The summed E-state index contributed by atoms with van der Waals surface area (Å²) >= 11 is 0. The van der Waals surface area contributed by atoms with Crippen molar-refractivity contribution in [1.29, 1.82) is 0 Å². The lowest BCUT2D eigenvalue weighted by atomic mass is 9.87. The maximum atomic E-state index is 13.5. The third-order valence-corrected chi connectivity index (χ3v) is 7.68. The molecule has 2 aromatic carbocycles. The van der Waals surface area contributed by atoms with E-state index in [1.54, 1.807) is 30.0 Å². The number of ether oxygens (including phenoxy) is 2. The van der Waals surface area contributed by atoms with Crippen molar-refractivity contribution < 1.29 is 24.2 Å². The third-order valence-electron chi connectivity index (χ3n) is 7.68. The number of hydrogen-bond donors (Lipinski definition) is 3. The Kier molecular flexibility index (Phi) is 6.14. The number of aliphatic hydroxyl groups is 1. The van der Waals surface area contributed by atoms with Gasteiger partial charge in [-0.3, -0.25) is 14.5 Å². The number of carbonyl (C=O) groups is 2. The minimum absolute atomic E-state index is 0.0560. The Morgan fingerprint density at radius 1 is 1.19 bits per heavy atom. The number of benzene rings is 2. The SMILES string of the molecule is CC[C@]1(C)CC(=O)N([C@@H]2CCOc3ccc(C(=O)NC4c5cc(C)ccc5OCC4(C)O)cc32)C(N)=N1. The van der Waals surface area contributed by atoms with Gasteiger partial charge < -0.3 is 25.6 Å². The van der Waals surface area contributed by atoms with E-state index in [-0.39, 0.29) is 36.8 Å². The third kappa shape index (κ3) is 4.52. The number of carbonyl (C=O) groups excluding carboxylic acids is 2. The Hall–Kier alpha value is -3.59. The van der Waals surface area contributed by atoms with Gasteiger partial charge in [0.1, 0.15) is 23.7 Å². The fourth-order valence-corrected chi connectivity index (χ4v) is 5.35. The largest absolute Gasteiger partial charge is 0.493 e. The van der Waals surface area contributed by atoms with Gasteiger partial charge in [0.25, 0.3) is 5.91 Å². The van der Waals surface area contributed by atoms with E-state index >= 15 is 0 Å². The van der Waals surface area contributed by atoms with Gasteiger partial charge in [-0.15, -0.1) is 0 Å². The lowest BCUT2D eigenvalue weighted by molar-refractivity contribution is -0.131. The fourth-order valence-electron chi connectivity index (χ4n) is 5.35. The highest BCUT2D eigenvalue weighted by molar-refractivity contribution is 6.00. The van der Waals surface area contributed by atoms with Crippen LogP contribution in [0, 0.1) is 6.92 Å². The summed E-state index contributed by atoms with van der Waals surface area (Å²) in [6, 6.07) is 9.83. The van der Waals surface area contributed by atoms with Crippen molar-refractivity contribution in [3.8, 4) is 11.5 Å². The van der Waals surface area contributed by atoms with Crippen molar-refractivity contribution in [2.24, 2.45) is 10.7 Å². The number of nitrogens with one attached hydrogen (secondary N) is 1. The summed E-state index contributed by atoms with van der Waals surface area (Å²) in [4.78, 5) is 32.9. The number of aliphatic imine (C=N–C) groups is 1. The van der Waals surface area contributed by atoms with Gasteiger partial charge in [-0.05, 0) is 51.5 Å². The molecule has 4 atom stereocenters. The zero-order valence-corrected chi connectivity index (χ0v) is 21.7. The zero-order chi connectivity index (χ0) is 26.5. The smallest absolute Gasteiger partial charge is 0.251 e. The second-order valence-electron chi connectivity index (χ2n) is 10.8. The van der Waals surface area contributed by atoms with Crippen LogP contribution in [0.15, 0.2) is 41.4 Å². The maximum Gasteiger partial charge on any atom is 0.251 e. The van der Waals surface area contributed by atoms with Crippen LogP contribution >= 0.6 is 0 Å². The molecule has 0 aromatic heterocycles. The number of aryl methyl sites for hydroxylation is 1. The quantitative estimate of drug-likeness (QED) is 0.585. The number of hydrogen-bond acceptors (Lipinski definition) is 7. The molecule has 0 spiro atoms. The average Bonchev–Trinajstić information content (AvgIpc) is 2.85. The van der Waals surface area contributed by atoms with Crippen molar-refractivity contribution in [3.05, 3.63) is 58.7 Å². The highest BCUT2D eigenvalue weighted by Gasteiger charge is 2.42. The monoisotopic (exact) mass is 506 g/mol. The summed E-state index contributed by atoms with van der Waals surface area (Å²) < 4.78 is 11.6. The van der Waals surface area contributed by atoms with E-state index < -0.39 is 17.2 Å². The molecule has 5 rings (SSSR count). The second-order valence-corrected chi connectivity index (χ2v) is 10.8. The molecule has 0 fully saturated rings. The molecule has 0 bridgehead atoms. The van der Waals surface area contributed by atoms with Gasteiger partial charge in [0, 0.05) is 23.1 Å². The summed E-state index contributed by atoms with van der Waals surface area (Å²) in [5.74, 6) is 1.00. The van der Waals surface area contributed by atoms with Crippen LogP contribution < -0.4 is 20.5 Å². The second kappa shape index (κ2) is 9.06. The van der Waals surface area contributed by atoms with Crippen LogP contribution in [-0.4, -0.2) is 52.1 Å². The molecule has 9 heteroatoms. The van der Waals surface area contributed by atoms with E-state index in [0.717, 1.165) is 11.1 Å². The number of nitrogens with two attached hydrogens (primary N) is 1. The molecule has 4 N–H and O–H groups in total. The molecule has 3 aliphatic heterocycles. The first kappa shape index (κ1) is 25.1. The molecule has 0 saturated heterocycles. The highest BCUT2D eigenvalue weighted by atomic mass is 16.5. The van der Waals surface area contributed by atoms with Crippen LogP contribution in [0.3, 0.4) is 0 Å². The standard InChI is InChI=1S/C28H34N4O5/c1-5-27(3)14-23(33)32(26(29)31-27)20-10-11-36-21-9-7-17(13-18(20)21)25(34)30-24-19-12-16(2)6-8-22(19)37-15-28(24,4)35/h6-9,12-13,20,24,35H,5,10-11,14-15H2,1-4H3,(H2,29,31)(H,30,34)/t20-,24?,27-,28?/m1/s1. The molecule has 37 heavy (non-hydrogen) atoms. The molecule has 2 aromatic rings. The molecule has 0 aliphatic carbocycles. The highest BCUT2D eigenvalue weighted by Crippen LogP contribution is 2.41. The Labute approximate surface area is 216 Å². The Bertz CT molecular complexity index is 1290. The zero-order valence-electron chi connectivity index (χ0n) is 21.7. The summed E-state index contributed by atoms with van der Waals surface area (Å²) in [5, 5.41) is 14.1. The molecule has 2 unspecified atom stereocenters. The number of guanidine groups is 1. The molecule has 3 heterocycles. The summed E-state index contributed by atoms with van der Waals surface area (Å²) in [6.45, 7) is 8.00. The molecular weight excluding hydrogens is 472 g/mol. The minimum Gasteiger partial charge on any atom is -0.493 e. The Balaban J connectivity index is 1.46. The molecule has 9 nitrogen and oxygen atoms in total. The van der Waals surface area contributed by atoms with Gasteiger partial charge in [-0.25, -0.2) is 4.99 Å². The van der Waals surface area contributed by atoms with Crippen LogP contribution in [0.25, 0.3) is 0 Å². The lowest BCUT2D eigenvalue weighted by Gasteiger charge is -2.40. The number of rotatable bonds is 4. The molecule has 3 aliphatic rings. The van der Waals surface area contributed by atoms with Crippen molar-refractivity contribution in [3.63, 3.8) is 0 Å². The fraction of sp³-hybridized carbons (Fsp3) is 0.464. The molecule has 0 radical (unpaired) electrons. The van der Waals surface area contributed by atoms with Gasteiger partial charge in [0.15, 0.2) is 5.96 Å². The summed E-state index contributed by atoms with van der Waals surface area (Å²) in [7, 11) is 0. The first-order valence-corrected chi connectivity index (χ1v) is 12.7. The van der Waals surface area contributed by atoms with Crippen LogP contribution in [-0.2, 0) is 4.79 Å². The van der Waals surface area contributed by atoms with Gasteiger partial charge >= 0.3 is 0 Å². The summed E-state index contributed by atoms with van der Waals surface area (Å²) in [5.41, 5.74) is 7.33. The predicted molar refractivity (Wildman–Crippen MR) is 139 cm³/mol.